The Morgan fingerprint density at radius 1 is 1.20 bits per heavy atom. The predicted molar refractivity (Wildman–Crippen MR) is 97.0 cm³/mol. The smallest absolute Gasteiger partial charge is 0.328 e. The lowest BCUT2D eigenvalue weighted by atomic mass is 10.2. The van der Waals surface area contributed by atoms with Gasteiger partial charge in [-0.3, -0.25) is 9.13 Å². The Morgan fingerprint density at radius 3 is 2.64 bits per heavy atom. The summed E-state index contributed by atoms with van der Waals surface area (Å²) in [7, 11) is 5.46. The van der Waals surface area contributed by atoms with Gasteiger partial charge in [0.05, 0.1) is 23.2 Å². The number of fused-ring (bicyclic) bond motifs is 1. The highest BCUT2D eigenvalue weighted by Gasteiger charge is 2.32. The fourth-order valence-electron chi connectivity index (χ4n) is 3.40. The van der Waals surface area contributed by atoms with Crippen molar-refractivity contribution in [3.05, 3.63) is 28.7 Å². The van der Waals surface area contributed by atoms with Crippen molar-refractivity contribution in [2.45, 2.75) is 19.1 Å². The van der Waals surface area contributed by atoms with Gasteiger partial charge in [-0.2, -0.15) is 0 Å². The molecule has 1 aliphatic heterocycles. The van der Waals surface area contributed by atoms with E-state index in [-0.39, 0.29) is 23.9 Å². The van der Waals surface area contributed by atoms with Gasteiger partial charge >= 0.3 is 11.7 Å². The molecule has 1 saturated heterocycles. The molecule has 1 aromatic heterocycles. The number of nitrogens with zero attached hydrogens (tertiary/aromatic N) is 3. The minimum Gasteiger partial charge on any atom is -0.375 e. The largest absolute Gasteiger partial charge is 0.375 e. The molecule has 0 saturated carbocycles. The van der Waals surface area contributed by atoms with Crippen molar-refractivity contribution < 1.29 is 9.53 Å². The zero-order valence-electron chi connectivity index (χ0n) is 15.1. The molecular weight excluding hydrogens is 322 g/mol. The Kier molecular flexibility index (Phi) is 4.82. The summed E-state index contributed by atoms with van der Waals surface area (Å²) in [6, 6.07) is 5.11. The van der Waals surface area contributed by atoms with Gasteiger partial charge < -0.3 is 20.3 Å². The second-order valence-corrected chi connectivity index (χ2v) is 6.52. The van der Waals surface area contributed by atoms with Crippen molar-refractivity contribution in [1.29, 1.82) is 0 Å². The molecule has 2 amide bonds. The molecule has 8 heteroatoms. The lowest BCUT2D eigenvalue weighted by Crippen LogP contribution is -2.45. The predicted octanol–water partition coefficient (Wildman–Crippen LogP) is 0.718. The molecule has 0 spiro atoms. The van der Waals surface area contributed by atoms with E-state index in [0.717, 1.165) is 24.1 Å². The van der Waals surface area contributed by atoms with Crippen LogP contribution in [0, 0.1) is 0 Å². The van der Waals surface area contributed by atoms with Gasteiger partial charge in [-0.15, -0.1) is 0 Å². The van der Waals surface area contributed by atoms with Crippen LogP contribution in [0.1, 0.15) is 6.92 Å². The normalized spacial score (nSPS) is 21.0. The van der Waals surface area contributed by atoms with E-state index < -0.39 is 0 Å². The molecule has 0 bridgehead atoms. The Bertz CT molecular complexity index is 841. The molecule has 25 heavy (non-hydrogen) atoms. The lowest BCUT2D eigenvalue weighted by Gasteiger charge is -2.20. The van der Waals surface area contributed by atoms with Crippen LogP contribution in [0.3, 0.4) is 0 Å². The van der Waals surface area contributed by atoms with E-state index >= 15 is 0 Å². The number of benzene rings is 1. The molecule has 1 aliphatic rings. The first-order chi connectivity index (χ1) is 11.9. The third-order valence-electron chi connectivity index (χ3n) is 4.68. The summed E-state index contributed by atoms with van der Waals surface area (Å²) in [5.74, 6) is 0. The maximum atomic E-state index is 12.3. The topological polar surface area (TPSA) is 80.5 Å². The summed E-state index contributed by atoms with van der Waals surface area (Å²) in [5.41, 5.74) is 2.15. The maximum absolute atomic E-state index is 12.3. The highest BCUT2D eigenvalue weighted by molar-refractivity contribution is 5.92. The number of aromatic nitrogens is 2. The minimum absolute atomic E-state index is 0.00169. The number of imidazole rings is 1. The molecule has 136 valence electrons. The molecule has 3 rings (SSSR count). The molecule has 1 aromatic carbocycles. The Balaban J connectivity index is 1.72. The van der Waals surface area contributed by atoms with Crippen LogP contribution in [-0.4, -0.2) is 59.0 Å². The molecule has 0 unspecified atom stereocenters. The van der Waals surface area contributed by atoms with Gasteiger partial charge in [0, 0.05) is 39.5 Å². The van der Waals surface area contributed by atoms with Crippen LogP contribution in [0.5, 0.6) is 0 Å². The summed E-state index contributed by atoms with van der Waals surface area (Å²) in [5, 5.41) is 5.83. The molecule has 8 nitrogen and oxygen atoms in total. The molecule has 2 atom stereocenters. The number of amides is 2. The first-order valence-corrected chi connectivity index (χ1v) is 8.43. The standard InChI is InChI=1S/C17H25N5O3/c1-5-25-15-10-20(2)9-12(15)19-16(23)18-11-6-7-13-14(8-11)22(4)17(24)21(13)3/h6-8,12,15H,5,9-10H2,1-4H3,(H2,18,19,23)/t12-,15-/m1/s1. The van der Waals surface area contributed by atoms with E-state index in [4.69, 9.17) is 4.74 Å². The number of carbonyl (C=O) groups is 1. The highest BCUT2D eigenvalue weighted by atomic mass is 16.5. The van der Waals surface area contributed by atoms with Crippen LogP contribution >= 0.6 is 0 Å². The van der Waals surface area contributed by atoms with E-state index in [1.165, 1.54) is 0 Å². The van der Waals surface area contributed by atoms with Crippen LogP contribution < -0.4 is 16.3 Å². The van der Waals surface area contributed by atoms with Crippen molar-refractivity contribution in [3.8, 4) is 0 Å². The molecule has 0 aliphatic carbocycles. The zero-order valence-corrected chi connectivity index (χ0v) is 15.1. The van der Waals surface area contributed by atoms with E-state index in [2.05, 4.69) is 15.5 Å². The fraction of sp³-hybridized carbons (Fsp3) is 0.529. The number of aryl methyl sites for hydroxylation is 2. The van der Waals surface area contributed by atoms with E-state index in [9.17, 15) is 9.59 Å². The van der Waals surface area contributed by atoms with Crippen LogP contribution in [0.2, 0.25) is 0 Å². The van der Waals surface area contributed by atoms with Crippen molar-refractivity contribution in [3.63, 3.8) is 0 Å². The second kappa shape index (κ2) is 6.89. The first-order valence-electron chi connectivity index (χ1n) is 8.43. The SMILES string of the molecule is CCO[C@@H]1CN(C)C[C@H]1NC(=O)Nc1ccc2c(c1)n(C)c(=O)n2C. The number of likely N-dealkylation sites (tertiary alicyclic amines) is 1. The molecule has 2 heterocycles. The van der Waals surface area contributed by atoms with Crippen molar-refractivity contribution in [1.82, 2.24) is 19.4 Å². The minimum atomic E-state index is -0.273. The maximum Gasteiger partial charge on any atom is 0.328 e. The number of hydrogen-bond acceptors (Lipinski definition) is 4. The van der Waals surface area contributed by atoms with Gasteiger partial charge in [0.1, 0.15) is 0 Å². The van der Waals surface area contributed by atoms with Gasteiger partial charge in [0.2, 0.25) is 0 Å². The molecular formula is C17H25N5O3. The molecule has 2 N–H and O–H groups in total. The highest BCUT2D eigenvalue weighted by Crippen LogP contribution is 2.18. The van der Waals surface area contributed by atoms with Gasteiger partial charge in [-0.25, -0.2) is 9.59 Å². The van der Waals surface area contributed by atoms with Crippen molar-refractivity contribution >= 4 is 22.8 Å². The molecule has 1 fully saturated rings. The van der Waals surface area contributed by atoms with Gasteiger partial charge in [0.15, 0.2) is 0 Å². The quantitative estimate of drug-likeness (QED) is 0.854. The van der Waals surface area contributed by atoms with Crippen LogP contribution in [0.15, 0.2) is 23.0 Å². The first kappa shape index (κ1) is 17.5. The van der Waals surface area contributed by atoms with Crippen LogP contribution in [-0.2, 0) is 18.8 Å². The van der Waals surface area contributed by atoms with E-state index in [0.29, 0.717) is 12.3 Å². The summed E-state index contributed by atoms with van der Waals surface area (Å²) in [6.45, 7) is 4.13. The Morgan fingerprint density at radius 2 is 1.92 bits per heavy atom. The average molecular weight is 347 g/mol. The average Bonchev–Trinajstić information content (AvgIpc) is 3.01. The lowest BCUT2D eigenvalue weighted by molar-refractivity contribution is 0.0568. The number of carbonyl (C=O) groups excluding carboxylic acids is 1. The fourth-order valence-corrected chi connectivity index (χ4v) is 3.40. The van der Waals surface area contributed by atoms with E-state index in [1.807, 2.05) is 20.0 Å². The Hall–Kier alpha value is -2.32. The number of urea groups is 1. The number of rotatable bonds is 4. The molecule has 0 radical (unpaired) electrons. The summed E-state index contributed by atoms with van der Waals surface area (Å²) < 4.78 is 8.85. The summed E-state index contributed by atoms with van der Waals surface area (Å²) >= 11 is 0. The van der Waals surface area contributed by atoms with Crippen LogP contribution in [0.25, 0.3) is 11.0 Å². The number of nitrogens with one attached hydrogen (secondary N) is 2. The third-order valence-corrected chi connectivity index (χ3v) is 4.68. The van der Waals surface area contributed by atoms with Crippen molar-refractivity contribution in [2.24, 2.45) is 14.1 Å². The number of ether oxygens (including phenoxy) is 1. The van der Waals surface area contributed by atoms with Crippen molar-refractivity contribution in [2.75, 3.05) is 32.1 Å². The number of anilines is 1. The van der Waals surface area contributed by atoms with Crippen LogP contribution in [0.4, 0.5) is 10.5 Å². The number of likely N-dealkylation sites (N-methyl/N-ethyl adjacent to an activating group) is 1. The zero-order chi connectivity index (χ0) is 18.1. The third kappa shape index (κ3) is 3.40. The van der Waals surface area contributed by atoms with Gasteiger partial charge in [-0.05, 0) is 32.2 Å². The second-order valence-electron chi connectivity index (χ2n) is 6.52. The summed E-state index contributed by atoms with van der Waals surface area (Å²) in [4.78, 5) is 26.5. The van der Waals surface area contributed by atoms with E-state index in [1.54, 1.807) is 35.4 Å². The monoisotopic (exact) mass is 347 g/mol. The van der Waals surface area contributed by atoms with Gasteiger partial charge in [-0.1, -0.05) is 0 Å². The summed E-state index contributed by atoms with van der Waals surface area (Å²) in [6.07, 6.45) is -0.00169. The Labute approximate surface area is 146 Å². The number of hydrogen-bond donors (Lipinski definition) is 2. The van der Waals surface area contributed by atoms with Gasteiger partial charge in [0.25, 0.3) is 0 Å². The molecule has 2 aromatic rings.